The number of anilines is 1. The monoisotopic (exact) mass is 270 g/mol. The normalized spacial score (nSPS) is 9.95. The van der Waals surface area contributed by atoms with Gasteiger partial charge in [0.2, 0.25) is 5.91 Å². The molecule has 1 amide bonds. The average Bonchev–Trinajstić information content (AvgIpc) is 2.66. The summed E-state index contributed by atoms with van der Waals surface area (Å²) in [5.74, 6) is -0.149. The number of hydrogen-bond donors (Lipinski definition) is 1. The van der Waals surface area contributed by atoms with Crippen LogP contribution in [0.15, 0.2) is 30.3 Å². The van der Waals surface area contributed by atoms with Crippen LogP contribution in [0.2, 0.25) is 0 Å². The molecule has 0 saturated heterocycles. The van der Waals surface area contributed by atoms with Gasteiger partial charge in [0.1, 0.15) is 11.1 Å². The van der Waals surface area contributed by atoms with Crippen molar-refractivity contribution in [3.05, 3.63) is 51.9 Å². The van der Waals surface area contributed by atoms with Crippen LogP contribution in [0.1, 0.15) is 28.5 Å². The standard InChI is InChI=1S/C15H14N2OS/c1-10-13(9-16)15(17-11(2)18)19-14(10)8-12-6-4-3-5-7-12/h3-7H,8H2,1-2H3,(H,17,18). The second kappa shape index (κ2) is 5.68. The van der Waals surface area contributed by atoms with Crippen LogP contribution in [-0.2, 0) is 11.2 Å². The molecule has 1 aromatic carbocycles. The molecule has 3 nitrogen and oxygen atoms in total. The summed E-state index contributed by atoms with van der Waals surface area (Å²) in [6, 6.07) is 12.3. The van der Waals surface area contributed by atoms with Gasteiger partial charge in [-0.1, -0.05) is 30.3 Å². The van der Waals surface area contributed by atoms with E-state index in [-0.39, 0.29) is 5.91 Å². The fraction of sp³-hybridized carbons (Fsp3) is 0.200. The number of hydrogen-bond acceptors (Lipinski definition) is 3. The second-order valence-corrected chi connectivity index (χ2v) is 5.41. The number of benzene rings is 1. The van der Waals surface area contributed by atoms with Crippen LogP contribution in [0.3, 0.4) is 0 Å². The number of nitrogens with one attached hydrogen (secondary N) is 1. The van der Waals surface area contributed by atoms with Gasteiger partial charge in [0, 0.05) is 18.2 Å². The number of amides is 1. The Morgan fingerprint density at radius 1 is 1.37 bits per heavy atom. The van der Waals surface area contributed by atoms with Crippen LogP contribution in [0.4, 0.5) is 5.00 Å². The lowest BCUT2D eigenvalue weighted by Crippen LogP contribution is -2.05. The predicted molar refractivity (Wildman–Crippen MR) is 77.3 cm³/mol. The fourth-order valence-electron chi connectivity index (χ4n) is 1.89. The first-order valence-corrected chi connectivity index (χ1v) is 6.77. The lowest BCUT2D eigenvalue weighted by molar-refractivity contribution is -0.114. The van der Waals surface area contributed by atoms with Gasteiger partial charge in [-0.25, -0.2) is 0 Å². The molecule has 0 unspecified atom stereocenters. The summed E-state index contributed by atoms with van der Waals surface area (Å²) in [7, 11) is 0. The summed E-state index contributed by atoms with van der Waals surface area (Å²) >= 11 is 1.48. The van der Waals surface area contributed by atoms with Crippen LogP contribution in [-0.4, -0.2) is 5.91 Å². The van der Waals surface area contributed by atoms with E-state index in [1.807, 2.05) is 25.1 Å². The van der Waals surface area contributed by atoms with E-state index < -0.39 is 0 Å². The van der Waals surface area contributed by atoms with Gasteiger partial charge < -0.3 is 5.32 Å². The van der Waals surface area contributed by atoms with Gasteiger partial charge >= 0.3 is 0 Å². The molecule has 0 bridgehead atoms. The van der Waals surface area contributed by atoms with Crippen molar-refractivity contribution >= 4 is 22.2 Å². The van der Waals surface area contributed by atoms with Crippen molar-refractivity contribution in [1.29, 1.82) is 5.26 Å². The summed E-state index contributed by atoms with van der Waals surface area (Å²) in [4.78, 5) is 12.3. The van der Waals surface area contributed by atoms with Crippen molar-refractivity contribution in [2.75, 3.05) is 5.32 Å². The number of carbonyl (C=O) groups excluding carboxylic acids is 1. The Morgan fingerprint density at radius 2 is 2.05 bits per heavy atom. The van der Waals surface area contributed by atoms with Gasteiger partial charge in [-0.2, -0.15) is 5.26 Å². The predicted octanol–water partition coefficient (Wildman–Crippen LogP) is 3.48. The van der Waals surface area contributed by atoms with E-state index in [1.54, 1.807) is 0 Å². The molecule has 0 aliphatic rings. The van der Waals surface area contributed by atoms with Crippen molar-refractivity contribution in [3.8, 4) is 6.07 Å². The lowest BCUT2D eigenvalue weighted by atomic mass is 10.1. The van der Waals surface area contributed by atoms with Crippen LogP contribution in [0.25, 0.3) is 0 Å². The molecule has 96 valence electrons. The van der Waals surface area contributed by atoms with Crippen LogP contribution < -0.4 is 5.32 Å². The maximum absolute atomic E-state index is 11.1. The molecule has 0 atom stereocenters. The average molecular weight is 270 g/mol. The van der Waals surface area contributed by atoms with Gasteiger partial charge in [0.25, 0.3) is 0 Å². The maximum Gasteiger partial charge on any atom is 0.221 e. The number of thiophene rings is 1. The summed E-state index contributed by atoms with van der Waals surface area (Å²) < 4.78 is 0. The minimum Gasteiger partial charge on any atom is -0.317 e. The molecule has 4 heteroatoms. The Balaban J connectivity index is 2.34. The minimum atomic E-state index is -0.149. The zero-order chi connectivity index (χ0) is 13.8. The lowest BCUT2D eigenvalue weighted by Gasteiger charge is -1.99. The van der Waals surface area contributed by atoms with E-state index in [0.717, 1.165) is 16.9 Å². The molecule has 1 aromatic heterocycles. The van der Waals surface area contributed by atoms with E-state index >= 15 is 0 Å². The Morgan fingerprint density at radius 3 is 2.63 bits per heavy atom. The molecule has 1 N–H and O–H groups in total. The Labute approximate surface area is 116 Å². The van der Waals surface area contributed by atoms with Gasteiger partial charge in [-0.3, -0.25) is 4.79 Å². The maximum atomic E-state index is 11.1. The molecule has 0 aliphatic heterocycles. The van der Waals surface area contributed by atoms with E-state index in [0.29, 0.717) is 10.6 Å². The van der Waals surface area contributed by atoms with E-state index in [2.05, 4.69) is 23.5 Å². The topological polar surface area (TPSA) is 52.9 Å². The molecule has 2 aromatic rings. The van der Waals surface area contributed by atoms with Crippen molar-refractivity contribution in [2.45, 2.75) is 20.3 Å². The van der Waals surface area contributed by atoms with E-state index in [9.17, 15) is 10.1 Å². The highest BCUT2D eigenvalue weighted by molar-refractivity contribution is 7.16. The molecule has 0 radical (unpaired) electrons. The van der Waals surface area contributed by atoms with Crippen LogP contribution in [0.5, 0.6) is 0 Å². The Bertz CT molecular complexity index is 638. The first kappa shape index (κ1) is 13.3. The second-order valence-electron chi connectivity index (χ2n) is 4.31. The van der Waals surface area contributed by atoms with E-state index in [1.165, 1.54) is 23.8 Å². The number of nitrogens with zero attached hydrogens (tertiary/aromatic N) is 1. The molecule has 19 heavy (non-hydrogen) atoms. The SMILES string of the molecule is CC(=O)Nc1sc(Cc2ccccc2)c(C)c1C#N. The quantitative estimate of drug-likeness (QED) is 0.928. The molecular formula is C15H14N2OS. The van der Waals surface area contributed by atoms with Crippen LogP contribution >= 0.6 is 11.3 Å². The van der Waals surface area contributed by atoms with Crippen molar-refractivity contribution in [2.24, 2.45) is 0 Å². The molecule has 0 aliphatic carbocycles. The minimum absolute atomic E-state index is 0.149. The highest BCUT2D eigenvalue weighted by Crippen LogP contribution is 2.33. The zero-order valence-corrected chi connectivity index (χ0v) is 11.7. The Hall–Kier alpha value is -2.12. The number of carbonyl (C=O) groups is 1. The number of nitriles is 1. The number of rotatable bonds is 3. The van der Waals surface area contributed by atoms with Crippen molar-refractivity contribution in [1.82, 2.24) is 0 Å². The highest BCUT2D eigenvalue weighted by atomic mass is 32.1. The Kier molecular flexibility index (Phi) is 3.98. The molecule has 0 spiro atoms. The van der Waals surface area contributed by atoms with Crippen molar-refractivity contribution < 1.29 is 4.79 Å². The van der Waals surface area contributed by atoms with Gasteiger partial charge in [-0.05, 0) is 18.1 Å². The molecule has 0 saturated carbocycles. The fourth-order valence-corrected chi connectivity index (χ4v) is 3.13. The largest absolute Gasteiger partial charge is 0.317 e. The molecular weight excluding hydrogens is 256 g/mol. The summed E-state index contributed by atoms with van der Waals surface area (Å²) in [5.41, 5.74) is 2.73. The third-order valence-electron chi connectivity index (χ3n) is 2.85. The van der Waals surface area contributed by atoms with Crippen LogP contribution in [0, 0.1) is 18.3 Å². The van der Waals surface area contributed by atoms with Crippen molar-refractivity contribution in [3.63, 3.8) is 0 Å². The smallest absolute Gasteiger partial charge is 0.221 e. The van der Waals surface area contributed by atoms with E-state index in [4.69, 9.17) is 0 Å². The first-order valence-electron chi connectivity index (χ1n) is 5.95. The van der Waals surface area contributed by atoms with Gasteiger partial charge in [-0.15, -0.1) is 11.3 Å². The first-order chi connectivity index (χ1) is 9.11. The summed E-state index contributed by atoms with van der Waals surface area (Å²) in [6.07, 6.45) is 0.783. The van der Waals surface area contributed by atoms with Gasteiger partial charge in [0.15, 0.2) is 0 Å². The molecule has 2 rings (SSSR count). The zero-order valence-electron chi connectivity index (χ0n) is 10.9. The summed E-state index contributed by atoms with van der Waals surface area (Å²) in [5, 5.41) is 12.6. The third kappa shape index (κ3) is 3.01. The molecule has 1 heterocycles. The molecule has 0 fully saturated rings. The highest BCUT2D eigenvalue weighted by Gasteiger charge is 2.15. The summed E-state index contributed by atoms with van der Waals surface area (Å²) in [6.45, 7) is 3.38. The third-order valence-corrected chi connectivity index (χ3v) is 4.06. The van der Waals surface area contributed by atoms with Gasteiger partial charge in [0.05, 0.1) is 5.56 Å².